The van der Waals surface area contributed by atoms with Crippen molar-refractivity contribution in [1.82, 2.24) is 9.55 Å². The molecule has 0 saturated carbocycles. The second-order valence-electron chi connectivity index (χ2n) is 7.07. The van der Waals surface area contributed by atoms with Gasteiger partial charge >= 0.3 is 0 Å². The molecule has 0 atom stereocenters. The topological polar surface area (TPSA) is 44.5 Å². The van der Waals surface area contributed by atoms with Gasteiger partial charge in [0.25, 0.3) is 0 Å². The number of hydrogen-bond donors (Lipinski definition) is 1. The van der Waals surface area contributed by atoms with Gasteiger partial charge in [-0.25, -0.2) is 0 Å². The molecule has 0 aliphatic carbocycles. The fraction of sp³-hybridized carbons (Fsp3) is 0. The van der Waals surface area contributed by atoms with Crippen LogP contribution in [0.2, 0.25) is 0 Å². The summed E-state index contributed by atoms with van der Waals surface area (Å²) in [6.07, 6.45) is 0. The molecule has 4 aromatic carbocycles. The van der Waals surface area contributed by atoms with Gasteiger partial charge in [0.05, 0.1) is 16.6 Å². The van der Waals surface area contributed by atoms with E-state index in [1.54, 1.807) is 0 Å². The molecule has 6 rings (SSSR count). The Balaban J connectivity index is 1.76. The molecule has 0 spiro atoms. The van der Waals surface area contributed by atoms with Crippen LogP contribution in [-0.2, 0) is 0 Å². The van der Waals surface area contributed by atoms with Crippen molar-refractivity contribution in [1.29, 1.82) is 5.26 Å². The van der Waals surface area contributed by atoms with Crippen molar-refractivity contribution in [3.63, 3.8) is 0 Å². The van der Waals surface area contributed by atoms with E-state index in [9.17, 15) is 5.26 Å². The molecule has 0 amide bonds. The first-order valence-corrected chi connectivity index (χ1v) is 9.28. The average molecular weight is 357 g/mol. The lowest BCUT2D eigenvalue weighted by Crippen LogP contribution is -1.95. The van der Waals surface area contributed by atoms with Gasteiger partial charge in [0.2, 0.25) is 0 Å². The number of aromatic nitrogens is 2. The lowest BCUT2D eigenvalue weighted by molar-refractivity contribution is 1.18. The summed E-state index contributed by atoms with van der Waals surface area (Å²) in [7, 11) is 0. The van der Waals surface area contributed by atoms with Gasteiger partial charge in [-0.3, -0.25) is 0 Å². The molecule has 3 heteroatoms. The summed E-state index contributed by atoms with van der Waals surface area (Å²) in [6.45, 7) is 0. The lowest BCUT2D eigenvalue weighted by atomic mass is 10.1. The number of rotatable bonds is 1. The Hall–Kier alpha value is -4.03. The molecule has 0 aliphatic heterocycles. The van der Waals surface area contributed by atoms with Crippen LogP contribution >= 0.6 is 0 Å². The number of benzene rings is 4. The van der Waals surface area contributed by atoms with Gasteiger partial charge in [-0.05, 0) is 30.3 Å². The number of hydrogen-bond acceptors (Lipinski definition) is 1. The van der Waals surface area contributed by atoms with Crippen LogP contribution in [0.3, 0.4) is 0 Å². The van der Waals surface area contributed by atoms with Crippen molar-refractivity contribution in [2.45, 2.75) is 0 Å². The van der Waals surface area contributed by atoms with Crippen LogP contribution in [0.5, 0.6) is 0 Å². The quantitative estimate of drug-likeness (QED) is 0.369. The number of nitriles is 1. The molecular formula is C25H15N3. The predicted molar refractivity (Wildman–Crippen MR) is 115 cm³/mol. The van der Waals surface area contributed by atoms with Crippen molar-refractivity contribution < 1.29 is 0 Å². The van der Waals surface area contributed by atoms with E-state index in [0.29, 0.717) is 5.56 Å². The van der Waals surface area contributed by atoms with Gasteiger partial charge in [-0.15, -0.1) is 0 Å². The minimum atomic E-state index is 0.686. The summed E-state index contributed by atoms with van der Waals surface area (Å²) in [6, 6.07) is 31.5. The first-order chi connectivity index (χ1) is 13.8. The molecule has 130 valence electrons. The first-order valence-electron chi connectivity index (χ1n) is 9.28. The smallest absolute Gasteiger partial charge is 0.101 e. The van der Waals surface area contributed by atoms with Gasteiger partial charge in [0, 0.05) is 38.3 Å². The summed E-state index contributed by atoms with van der Waals surface area (Å²) in [5.41, 5.74) is 6.03. The van der Waals surface area contributed by atoms with Crippen molar-refractivity contribution in [3.05, 3.63) is 90.5 Å². The van der Waals surface area contributed by atoms with E-state index in [0.717, 1.165) is 38.5 Å². The summed E-state index contributed by atoms with van der Waals surface area (Å²) in [5, 5.41) is 14.4. The lowest BCUT2D eigenvalue weighted by Gasteiger charge is -2.09. The van der Waals surface area contributed by atoms with Crippen LogP contribution < -0.4 is 0 Å². The predicted octanol–water partition coefficient (Wildman–Crippen LogP) is 6.29. The molecule has 6 aromatic rings. The van der Waals surface area contributed by atoms with Crippen molar-refractivity contribution in [2.75, 3.05) is 0 Å². The zero-order valence-corrected chi connectivity index (χ0v) is 15.0. The highest BCUT2D eigenvalue weighted by Gasteiger charge is 2.15. The van der Waals surface area contributed by atoms with E-state index >= 15 is 0 Å². The molecule has 28 heavy (non-hydrogen) atoms. The minimum Gasteiger partial charge on any atom is -0.354 e. The number of para-hydroxylation sites is 3. The maximum Gasteiger partial charge on any atom is 0.101 e. The monoisotopic (exact) mass is 357 g/mol. The second-order valence-corrected chi connectivity index (χ2v) is 7.07. The van der Waals surface area contributed by atoms with E-state index in [1.807, 2.05) is 30.3 Å². The summed E-state index contributed by atoms with van der Waals surface area (Å²) in [4.78, 5) is 3.53. The molecule has 0 radical (unpaired) electrons. The molecule has 3 nitrogen and oxygen atoms in total. The Kier molecular flexibility index (Phi) is 2.95. The van der Waals surface area contributed by atoms with Gasteiger partial charge in [-0.2, -0.15) is 5.26 Å². The minimum absolute atomic E-state index is 0.686. The molecule has 0 unspecified atom stereocenters. The van der Waals surface area contributed by atoms with Crippen LogP contribution in [0.4, 0.5) is 0 Å². The SMILES string of the molecule is N#Cc1cccc2c3ccccc3n(-c3ccc4c(c3)[nH]c3ccccc34)c12. The molecule has 0 bridgehead atoms. The Morgan fingerprint density at radius 2 is 1.43 bits per heavy atom. The van der Waals surface area contributed by atoms with Gasteiger partial charge in [0.15, 0.2) is 0 Å². The van der Waals surface area contributed by atoms with Crippen LogP contribution in [0, 0.1) is 11.3 Å². The number of fused-ring (bicyclic) bond motifs is 6. The van der Waals surface area contributed by atoms with Crippen molar-refractivity contribution >= 4 is 43.6 Å². The summed E-state index contributed by atoms with van der Waals surface area (Å²) >= 11 is 0. The van der Waals surface area contributed by atoms with E-state index in [4.69, 9.17) is 0 Å². The summed E-state index contributed by atoms with van der Waals surface area (Å²) in [5.74, 6) is 0. The van der Waals surface area contributed by atoms with E-state index < -0.39 is 0 Å². The Morgan fingerprint density at radius 1 is 0.679 bits per heavy atom. The van der Waals surface area contributed by atoms with Gasteiger partial charge in [-0.1, -0.05) is 54.6 Å². The molecule has 1 N–H and O–H groups in total. The number of nitrogens with zero attached hydrogens (tertiary/aromatic N) is 2. The fourth-order valence-electron chi connectivity index (χ4n) is 4.36. The van der Waals surface area contributed by atoms with E-state index in [-0.39, 0.29) is 0 Å². The Labute approximate surface area is 161 Å². The Morgan fingerprint density at radius 3 is 2.32 bits per heavy atom. The van der Waals surface area contributed by atoms with Crippen LogP contribution in [0.25, 0.3) is 49.3 Å². The first kappa shape index (κ1) is 15.1. The van der Waals surface area contributed by atoms with E-state index in [1.165, 1.54) is 10.8 Å². The van der Waals surface area contributed by atoms with Crippen molar-refractivity contribution in [2.24, 2.45) is 0 Å². The second kappa shape index (κ2) is 5.48. The molecule has 2 aromatic heterocycles. The highest BCUT2D eigenvalue weighted by Crippen LogP contribution is 2.35. The fourth-order valence-corrected chi connectivity index (χ4v) is 4.36. The van der Waals surface area contributed by atoms with Crippen LogP contribution in [0.1, 0.15) is 5.56 Å². The maximum absolute atomic E-state index is 9.73. The largest absolute Gasteiger partial charge is 0.354 e. The number of nitrogens with one attached hydrogen (secondary N) is 1. The highest BCUT2D eigenvalue weighted by molar-refractivity contribution is 6.12. The van der Waals surface area contributed by atoms with Gasteiger partial charge < -0.3 is 9.55 Å². The zero-order valence-electron chi connectivity index (χ0n) is 15.0. The third kappa shape index (κ3) is 1.92. The molecule has 0 saturated heterocycles. The standard InChI is InChI=1S/C25H15N3/c26-15-16-6-5-9-21-20-8-2-4-11-24(20)28(25(16)21)17-12-13-19-18-7-1-3-10-22(18)27-23(19)14-17/h1-14,27H. The number of aromatic amines is 1. The highest BCUT2D eigenvalue weighted by atomic mass is 15.0. The number of H-pyrrole nitrogens is 1. The average Bonchev–Trinajstić information content (AvgIpc) is 3.28. The Bertz CT molecular complexity index is 1570. The molecular weight excluding hydrogens is 342 g/mol. The normalized spacial score (nSPS) is 11.5. The molecule has 0 aliphatic rings. The summed E-state index contributed by atoms with van der Waals surface area (Å²) < 4.78 is 2.20. The van der Waals surface area contributed by atoms with Crippen LogP contribution in [-0.4, -0.2) is 9.55 Å². The van der Waals surface area contributed by atoms with Crippen LogP contribution in [0.15, 0.2) is 84.9 Å². The van der Waals surface area contributed by atoms with Gasteiger partial charge in [0.1, 0.15) is 6.07 Å². The zero-order chi connectivity index (χ0) is 18.7. The third-order valence-electron chi connectivity index (χ3n) is 5.56. The molecule has 0 fully saturated rings. The maximum atomic E-state index is 9.73. The van der Waals surface area contributed by atoms with Crippen molar-refractivity contribution in [3.8, 4) is 11.8 Å². The third-order valence-corrected chi connectivity index (χ3v) is 5.56. The van der Waals surface area contributed by atoms with E-state index in [2.05, 4.69) is 70.2 Å². The molecule has 2 heterocycles.